The van der Waals surface area contributed by atoms with Gasteiger partial charge in [0.05, 0.1) is 11.5 Å². The van der Waals surface area contributed by atoms with Crippen LogP contribution >= 0.6 is 11.8 Å². The molecule has 4 nitrogen and oxygen atoms in total. The van der Waals surface area contributed by atoms with Gasteiger partial charge >= 0.3 is 0 Å². The van der Waals surface area contributed by atoms with Crippen molar-refractivity contribution in [2.75, 3.05) is 51.3 Å². The summed E-state index contributed by atoms with van der Waals surface area (Å²) in [5.74, 6) is 1.56. The molecular formula is C33H45N3OS. The zero-order chi connectivity index (χ0) is 26.4. The summed E-state index contributed by atoms with van der Waals surface area (Å²) in [6.45, 7) is 8.70. The molecular weight excluding hydrogens is 486 g/mol. The highest BCUT2D eigenvalue weighted by molar-refractivity contribution is 8.00. The van der Waals surface area contributed by atoms with Crippen molar-refractivity contribution >= 4 is 17.4 Å². The second-order valence-corrected chi connectivity index (χ2v) is 13.3. The molecule has 5 heteroatoms. The standard InChI is InChI=1S/C33H45N3OS/c1-3-7-26(24-37-2)20-33(25-34,28-8-5-4-6-9-28)29-16-18-35(19-17-29)21-27-22-36(23-27)30-10-12-31(13-11-30)38-32-14-15-32/h4-6,8-13,26-27,29,32H,3,7,14-24H2,1-2H3. The average molecular weight is 532 g/mol. The molecule has 2 aromatic rings. The first-order valence-corrected chi connectivity index (χ1v) is 15.7. The van der Waals surface area contributed by atoms with E-state index < -0.39 is 5.41 Å². The first kappa shape index (κ1) is 27.6. The molecule has 2 aromatic carbocycles. The molecule has 2 aliphatic heterocycles. The average Bonchev–Trinajstić information content (AvgIpc) is 3.75. The largest absolute Gasteiger partial charge is 0.384 e. The molecule has 0 N–H and O–H groups in total. The normalized spacial score (nSPS) is 21.4. The van der Waals surface area contributed by atoms with E-state index in [0.717, 1.165) is 76.1 Å². The predicted molar refractivity (Wildman–Crippen MR) is 159 cm³/mol. The van der Waals surface area contributed by atoms with E-state index in [-0.39, 0.29) is 0 Å². The van der Waals surface area contributed by atoms with Crippen LogP contribution < -0.4 is 4.90 Å². The summed E-state index contributed by atoms with van der Waals surface area (Å²) >= 11 is 2.04. The number of likely N-dealkylation sites (tertiary alicyclic amines) is 1. The molecule has 0 bridgehead atoms. The SMILES string of the molecule is CCCC(COC)CC(C#N)(c1ccccc1)C1CCN(CC2CN(c3ccc(SC4CC4)cc3)C2)CC1. The summed E-state index contributed by atoms with van der Waals surface area (Å²) in [4.78, 5) is 6.62. The fourth-order valence-electron chi connectivity index (χ4n) is 6.78. The Labute approximate surface area is 234 Å². The molecule has 1 saturated carbocycles. The Bertz CT molecular complexity index is 1030. The molecule has 0 radical (unpaired) electrons. The highest BCUT2D eigenvalue weighted by atomic mass is 32.2. The topological polar surface area (TPSA) is 39.5 Å². The molecule has 3 fully saturated rings. The lowest BCUT2D eigenvalue weighted by atomic mass is 9.63. The maximum atomic E-state index is 10.7. The Morgan fingerprint density at radius 1 is 1.03 bits per heavy atom. The molecule has 2 heterocycles. The quantitative estimate of drug-likeness (QED) is 0.278. The van der Waals surface area contributed by atoms with Crippen LogP contribution in [-0.4, -0.2) is 56.6 Å². The smallest absolute Gasteiger partial charge is 0.0854 e. The van der Waals surface area contributed by atoms with Crippen molar-refractivity contribution in [3.8, 4) is 6.07 Å². The van der Waals surface area contributed by atoms with E-state index in [9.17, 15) is 5.26 Å². The Morgan fingerprint density at radius 3 is 2.34 bits per heavy atom. The van der Waals surface area contributed by atoms with Crippen LogP contribution in [0.25, 0.3) is 0 Å². The van der Waals surface area contributed by atoms with Crippen molar-refractivity contribution in [3.05, 3.63) is 60.2 Å². The van der Waals surface area contributed by atoms with E-state index in [1.165, 1.54) is 35.5 Å². The fourth-order valence-corrected chi connectivity index (χ4v) is 7.83. The molecule has 3 aliphatic rings. The van der Waals surface area contributed by atoms with Gasteiger partial charge in [-0.1, -0.05) is 43.7 Å². The minimum absolute atomic E-state index is 0.396. The number of anilines is 1. The Kier molecular flexibility index (Phi) is 9.36. The maximum absolute atomic E-state index is 10.7. The van der Waals surface area contributed by atoms with Crippen molar-refractivity contribution in [1.29, 1.82) is 5.26 Å². The first-order chi connectivity index (χ1) is 18.6. The van der Waals surface area contributed by atoms with Crippen molar-refractivity contribution in [1.82, 2.24) is 4.90 Å². The third-order valence-corrected chi connectivity index (χ3v) is 10.3. The maximum Gasteiger partial charge on any atom is 0.0854 e. The number of ether oxygens (including phenoxy) is 1. The van der Waals surface area contributed by atoms with Gasteiger partial charge in [0.15, 0.2) is 0 Å². The number of methoxy groups -OCH3 is 1. The zero-order valence-corrected chi connectivity index (χ0v) is 24.2. The van der Waals surface area contributed by atoms with Crippen molar-refractivity contribution in [2.24, 2.45) is 17.8 Å². The van der Waals surface area contributed by atoms with Gasteiger partial charge in [0, 0.05) is 55.1 Å². The monoisotopic (exact) mass is 531 g/mol. The summed E-state index contributed by atoms with van der Waals surface area (Å²) in [5.41, 5.74) is 2.15. The second kappa shape index (κ2) is 12.9. The molecule has 204 valence electrons. The van der Waals surface area contributed by atoms with Crippen molar-refractivity contribution < 1.29 is 4.74 Å². The van der Waals surface area contributed by atoms with Crippen LogP contribution in [0, 0.1) is 29.1 Å². The van der Waals surface area contributed by atoms with Crippen LogP contribution in [0.4, 0.5) is 5.69 Å². The van der Waals surface area contributed by atoms with Crippen LogP contribution in [0.15, 0.2) is 59.5 Å². The molecule has 2 saturated heterocycles. The lowest BCUT2D eigenvalue weighted by molar-refractivity contribution is 0.0926. The molecule has 0 spiro atoms. The van der Waals surface area contributed by atoms with E-state index in [1.54, 1.807) is 7.11 Å². The van der Waals surface area contributed by atoms with E-state index >= 15 is 0 Å². The number of piperidine rings is 1. The van der Waals surface area contributed by atoms with Gasteiger partial charge in [0.25, 0.3) is 0 Å². The van der Waals surface area contributed by atoms with E-state index in [0.29, 0.717) is 11.8 Å². The van der Waals surface area contributed by atoms with Gasteiger partial charge in [-0.15, -0.1) is 11.8 Å². The van der Waals surface area contributed by atoms with Gasteiger partial charge in [-0.3, -0.25) is 0 Å². The van der Waals surface area contributed by atoms with Crippen molar-refractivity contribution in [2.45, 2.75) is 67.4 Å². The second-order valence-electron chi connectivity index (χ2n) is 11.9. The lowest BCUT2D eigenvalue weighted by Gasteiger charge is -2.46. The number of hydrogen-bond donors (Lipinski definition) is 0. The summed E-state index contributed by atoms with van der Waals surface area (Å²) in [5, 5.41) is 11.6. The summed E-state index contributed by atoms with van der Waals surface area (Å²) in [6, 6.07) is 22.8. The molecule has 38 heavy (non-hydrogen) atoms. The van der Waals surface area contributed by atoms with Crippen molar-refractivity contribution in [3.63, 3.8) is 0 Å². The number of benzene rings is 2. The van der Waals surface area contributed by atoms with Gasteiger partial charge in [0.2, 0.25) is 0 Å². The Hall–Kier alpha value is -2.00. The summed E-state index contributed by atoms with van der Waals surface area (Å²) in [6.07, 6.45) is 8.11. The summed E-state index contributed by atoms with van der Waals surface area (Å²) in [7, 11) is 1.79. The van der Waals surface area contributed by atoms with Crippen LogP contribution in [0.1, 0.15) is 57.4 Å². The van der Waals surface area contributed by atoms with Crippen LogP contribution in [-0.2, 0) is 10.2 Å². The predicted octanol–water partition coefficient (Wildman–Crippen LogP) is 7.00. The van der Waals surface area contributed by atoms with Gasteiger partial charge in [-0.05, 0) is 93.3 Å². The number of hydrogen-bond acceptors (Lipinski definition) is 5. The zero-order valence-electron chi connectivity index (χ0n) is 23.4. The third-order valence-electron chi connectivity index (χ3n) is 8.99. The fraction of sp³-hybridized carbons (Fsp3) is 0.606. The molecule has 5 rings (SSSR count). The first-order valence-electron chi connectivity index (χ1n) is 14.8. The highest BCUT2D eigenvalue weighted by Crippen LogP contribution is 2.44. The molecule has 2 unspecified atom stereocenters. The van der Waals surface area contributed by atoms with Crippen LogP contribution in [0.5, 0.6) is 0 Å². The van der Waals surface area contributed by atoms with Gasteiger partial charge in [-0.2, -0.15) is 5.26 Å². The molecule has 2 atom stereocenters. The molecule has 0 aromatic heterocycles. The minimum atomic E-state index is -0.428. The summed E-state index contributed by atoms with van der Waals surface area (Å²) < 4.78 is 5.59. The van der Waals surface area contributed by atoms with Gasteiger partial charge in [0.1, 0.15) is 0 Å². The van der Waals surface area contributed by atoms with E-state index in [2.05, 4.69) is 77.4 Å². The number of thioether (sulfide) groups is 1. The molecule has 1 aliphatic carbocycles. The molecule has 0 amide bonds. The minimum Gasteiger partial charge on any atom is -0.384 e. The third kappa shape index (κ3) is 6.58. The Morgan fingerprint density at radius 2 is 1.74 bits per heavy atom. The van der Waals surface area contributed by atoms with Gasteiger partial charge in [-0.25, -0.2) is 0 Å². The Balaban J connectivity index is 1.15. The number of nitrogens with zero attached hydrogens (tertiary/aromatic N) is 3. The van der Waals surface area contributed by atoms with Gasteiger partial charge < -0.3 is 14.5 Å². The highest BCUT2D eigenvalue weighted by Gasteiger charge is 2.44. The van der Waals surface area contributed by atoms with Crippen LogP contribution in [0.3, 0.4) is 0 Å². The number of rotatable bonds is 13. The van der Waals surface area contributed by atoms with E-state index in [1.807, 2.05) is 11.8 Å². The lowest BCUT2D eigenvalue weighted by Crippen LogP contribution is -2.53. The van der Waals surface area contributed by atoms with Crippen LogP contribution in [0.2, 0.25) is 0 Å². The van der Waals surface area contributed by atoms with E-state index in [4.69, 9.17) is 4.74 Å². The number of nitriles is 1.